The van der Waals surface area contributed by atoms with Crippen molar-refractivity contribution in [3.63, 3.8) is 0 Å². The van der Waals surface area contributed by atoms with Gasteiger partial charge in [-0.05, 0) is 40.6 Å². The van der Waals surface area contributed by atoms with Crippen molar-refractivity contribution in [2.45, 2.75) is 6.92 Å². The third-order valence-corrected chi connectivity index (χ3v) is 4.92. The Bertz CT molecular complexity index is 1520. The first-order valence-corrected chi connectivity index (χ1v) is 8.71. The van der Waals surface area contributed by atoms with Crippen LogP contribution >= 0.6 is 0 Å². The Morgan fingerprint density at radius 1 is 1.14 bits per heavy atom. The van der Waals surface area contributed by atoms with E-state index in [4.69, 9.17) is 0 Å². The van der Waals surface area contributed by atoms with Gasteiger partial charge in [-0.2, -0.15) is 0 Å². The second kappa shape index (κ2) is 5.86. The highest BCUT2D eigenvalue weighted by molar-refractivity contribution is 6.04. The van der Waals surface area contributed by atoms with Crippen LogP contribution in [0.5, 0.6) is 5.75 Å². The van der Waals surface area contributed by atoms with Gasteiger partial charge in [0.2, 0.25) is 0 Å². The molecule has 0 aliphatic heterocycles. The summed E-state index contributed by atoms with van der Waals surface area (Å²) >= 11 is 0. The molecule has 0 radical (unpaired) electrons. The summed E-state index contributed by atoms with van der Waals surface area (Å²) in [6.07, 6.45) is 2.78. The molecule has 0 saturated heterocycles. The minimum absolute atomic E-state index is 0.0609. The van der Waals surface area contributed by atoms with Crippen molar-refractivity contribution in [2.24, 2.45) is 0 Å². The SMILES string of the molecule is Cc1cc2nc3c4ccccc4c(=O)n(-c4ccc([N+](=O)[O-])nc4)c3n2cc1O. The van der Waals surface area contributed by atoms with E-state index in [-0.39, 0.29) is 17.1 Å². The van der Waals surface area contributed by atoms with Gasteiger partial charge in [0.05, 0.1) is 11.9 Å². The number of hydrogen-bond donors (Lipinski definition) is 1. The first-order chi connectivity index (χ1) is 14.0. The van der Waals surface area contributed by atoms with E-state index in [1.54, 1.807) is 29.5 Å². The zero-order chi connectivity index (χ0) is 20.3. The number of pyridine rings is 3. The fourth-order valence-corrected chi connectivity index (χ4v) is 3.51. The van der Waals surface area contributed by atoms with Crippen LogP contribution in [0.1, 0.15) is 5.56 Å². The van der Waals surface area contributed by atoms with E-state index >= 15 is 0 Å². The van der Waals surface area contributed by atoms with Crippen LogP contribution in [0.3, 0.4) is 0 Å². The number of aromatic nitrogens is 4. The van der Waals surface area contributed by atoms with Crippen LogP contribution in [0.2, 0.25) is 0 Å². The van der Waals surface area contributed by atoms with Crippen molar-refractivity contribution in [3.8, 4) is 11.4 Å². The van der Waals surface area contributed by atoms with Crippen molar-refractivity contribution in [1.29, 1.82) is 0 Å². The molecule has 5 aromatic rings. The van der Waals surface area contributed by atoms with E-state index in [2.05, 4.69) is 9.97 Å². The van der Waals surface area contributed by atoms with Crippen LogP contribution in [0.25, 0.3) is 33.3 Å². The lowest BCUT2D eigenvalue weighted by atomic mass is 10.1. The van der Waals surface area contributed by atoms with Crippen LogP contribution in [-0.2, 0) is 0 Å². The third-order valence-electron chi connectivity index (χ3n) is 4.92. The topological polar surface area (TPSA) is 116 Å². The summed E-state index contributed by atoms with van der Waals surface area (Å²) in [5.74, 6) is -0.254. The second-order valence-electron chi connectivity index (χ2n) is 6.67. The van der Waals surface area contributed by atoms with Crippen molar-refractivity contribution in [3.05, 3.63) is 80.9 Å². The van der Waals surface area contributed by atoms with E-state index < -0.39 is 4.92 Å². The molecule has 0 amide bonds. The number of benzene rings is 1. The highest BCUT2D eigenvalue weighted by Gasteiger charge is 2.19. The molecule has 0 aliphatic rings. The molecule has 29 heavy (non-hydrogen) atoms. The highest BCUT2D eigenvalue weighted by atomic mass is 16.6. The lowest BCUT2D eigenvalue weighted by Gasteiger charge is -2.10. The van der Waals surface area contributed by atoms with E-state index in [1.165, 1.54) is 29.1 Å². The summed E-state index contributed by atoms with van der Waals surface area (Å²) in [5.41, 5.74) is 2.28. The molecule has 4 heterocycles. The minimum atomic E-state index is -0.600. The van der Waals surface area contributed by atoms with Gasteiger partial charge in [0.25, 0.3) is 5.56 Å². The fraction of sp³-hybridized carbons (Fsp3) is 0.0500. The molecule has 5 rings (SSSR count). The molecule has 1 N–H and O–H groups in total. The van der Waals surface area contributed by atoms with E-state index in [9.17, 15) is 20.0 Å². The van der Waals surface area contributed by atoms with Gasteiger partial charge in [-0.15, -0.1) is 0 Å². The first kappa shape index (κ1) is 16.9. The molecular formula is C20H13N5O4. The number of rotatable bonds is 2. The lowest BCUT2D eigenvalue weighted by molar-refractivity contribution is -0.389. The van der Waals surface area contributed by atoms with Crippen molar-refractivity contribution in [2.75, 3.05) is 0 Å². The smallest absolute Gasteiger partial charge is 0.363 e. The lowest BCUT2D eigenvalue weighted by Crippen LogP contribution is -2.20. The highest BCUT2D eigenvalue weighted by Crippen LogP contribution is 2.28. The van der Waals surface area contributed by atoms with Crippen LogP contribution in [0.15, 0.2) is 59.7 Å². The maximum atomic E-state index is 13.4. The molecule has 9 nitrogen and oxygen atoms in total. The normalized spacial score (nSPS) is 11.5. The Morgan fingerprint density at radius 3 is 2.59 bits per heavy atom. The molecule has 0 bridgehead atoms. The van der Waals surface area contributed by atoms with E-state index in [1.807, 2.05) is 12.1 Å². The van der Waals surface area contributed by atoms with Crippen molar-refractivity contribution in [1.82, 2.24) is 18.9 Å². The average Bonchev–Trinajstić information content (AvgIpc) is 3.07. The molecular weight excluding hydrogens is 374 g/mol. The summed E-state index contributed by atoms with van der Waals surface area (Å²) in [7, 11) is 0. The van der Waals surface area contributed by atoms with Crippen LogP contribution in [0, 0.1) is 17.0 Å². The van der Waals surface area contributed by atoms with Crippen molar-refractivity contribution < 1.29 is 10.0 Å². The monoisotopic (exact) mass is 387 g/mol. The zero-order valence-corrected chi connectivity index (χ0v) is 15.1. The molecule has 4 aromatic heterocycles. The molecule has 9 heteroatoms. The molecule has 0 spiro atoms. The second-order valence-corrected chi connectivity index (χ2v) is 6.67. The van der Waals surface area contributed by atoms with E-state index in [0.29, 0.717) is 38.8 Å². The first-order valence-electron chi connectivity index (χ1n) is 8.71. The fourth-order valence-electron chi connectivity index (χ4n) is 3.51. The number of nitro groups is 1. The quantitative estimate of drug-likeness (QED) is 0.368. The number of aromatic hydroxyl groups is 1. The number of fused-ring (bicyclic) bond motifs is 5. The number of nitrogens with zero attached hydrogens (tertiary/aromatic N) is 5. The van der Waals surface area contributed by atoms with Gasteiger partial charge in [0.1, 0.15) is 16.9 Å². The Labute approximate surface area is 162 Å². The Kier molecular flexibility index (Phi) is 3.41. The Morgan fingerprint density at radius 2 is 1.90 bits per heavy atom. The van der Waals surface area contributed by atoms with Gasteiger partial charge in [0, 0.05) is 16.8 Å². The summed E-state index contributed by atoms with van der Waals surface area (Å²) in [6, 6.07) is 11.6. The molecule has 0 saturated carbocycles. The van der Waals surface area contributed by atoms with E-state index in [0.717, 1.165) is 0 Å². The van der Waals surface area contributed by atoms with Gasteiger partial charge >= 0.3 is 5.82 Å². The van der Waals surface area contributed by atoms with Crippen LogP contribution in [0.4, 0.5) is 5.82 Å². The Balaban J connectivity index is 2.00. The van der Waals surface area contributed by atoms with Gasteiger partial charge in [-0.25, -0.2) is 4.98 Å². The number of hydrogen-bond acceptors (Lipinski definition) is 6. The summed E-state index contributed by atoms with van der Waals surface area (Å²) in [4.78, 5) is 32.2. The number of aryl methyl sites for hydroxylation is 1. The van der Waals surface area contributed by atoms with Gasteiger partial charge in [-0.3, -0.25) is 13.8 Å². The molecule has 142 valence electrons. The molecule has 0 fully saturated rings. The molecule has 0 unspecified atom stereocenters. The molecule has 0 aliphatic carbocycles. The summed E-state index contributed by atoms with van der Waals surface area (Å²) < 4.78 is 3.04. The third kappa shape index (κ3) is 2.37. The van der Waals surface area contributed by atoms with Crippen LogP contribution in [-0.4, -0.2) is 29.0 Å². The minimum Gasteiger partial charge on any atom is -0.506 e. The maximum Gasteiger partial charge on any atom is 0.363 e. The molecule has 1 aromatic carbocycles. The summed E-state index contributed by atoms with van der Waals surface area (Å²) in [5, 5.41) is 22.3. The van der Waals surface area contributed by atoms with Crippen LogP contribution < -0.4 is 5.56 Å². The zero-order valence-electron chi connectivity index (χ0n) is 15.1. The van der Waals surface area contributed by atoms with Gasteiger partial charge in [-0.1, -0.05) is 18.2 Å². The van der Waals surface area contributed by atoms with Gasteiger partial charge < -0.3 is 15.2 Å². The summed E-state index contributed by atoms with van der Waals surface area (Å²) in [6.45, 7) is 1.76. The predicted molar refractivity (Wildman–Crippen MR) is 107 cm³/mol. The maximum absolute atomic E-state index is 13.4. The van der Waals surface area contributed by atoms with Gasteiger partial charge in [0.15, 0.2) is 11.8 Å². The number of imidazole rings is 1. The van der Waals surface area contributed by atoms with Crippen molar-refractivity contribution >= 4 is 33.4 Å². The molecule has 0 atom stereocenters. The average molecular weight is 387 g/mol. The Hall–Kier alpha value is -4.27. The predicted octanol–water partition coefficient (Wildman–Crippen LogP) is 3.11. The standard InChI is InChI=1S/C20H13N5O4/c1-11-8-17-22-18-13-4-2-3-5-14(13)20(27)24(19(18)23(17)10-15(11)26)12-6-7-16(21-9-12)25(28)29/h2-10,26H,1H3. The largest absolute Gasteiger partial charge is 0.506 e.